The topological polar surface area (TPSA) is 25.8 Å². The second-order valence-electron chi connectivity index (χ2n) is 13.6. The Kier molecular flexibility index (Phi) is 5.91. The van der Waals surface area contributed by atoms with Crippen LogP contribution < -0.4 is 0 Å². The molecule has 0 aliphatic heterocycles. The Morgan fingerprint density at radius 3 is 1.49 bits per heavy atom. The van der Waals surface area contributed by atoms with E-state index in [9.17, 15) is 0 Å². The van der Waals surface area contributed by atoms with Crippen molar-refractivity contribution >= 4 is 21.5 Å². The van der Waals surface area contributed by atoms with Crippen LogP contribution in [0.4, 0.5) is 0 Å². The third kappa shape index (κ3) is 3.87. The van der Waals surface area contributed by atoms with E-state index in [1.807, 2.05) is 12.1 Å². The number of hydrogen-bond donors (Lipinski definition) is 0. The zero-order valence-corrected chi connectivity index (χ0v) is 27.7. The monoisotopic (exact) mass is 646 g/mol. The number of benzene rings is 8. The Balaban J connectivity index is 1.25. The van der Waals surface area contributed by atoms with Crippen molar-refractivity contribution in [3.05, 3.63) is 204 Å². The van der Waals surface area contributed by atoms with Crippen molar-refractivity contribution in [1.82, 2.24) is 9.97 Å². The fraction of sp³-hybridized carbons (Fsp3) is 0.0204. The maximum atomic E-state index is 5.26. The number of nitrogens with zero attached hydrogens (tertiary/aromatic N) is 2. The molecule has 0 N–H and O–H groups in total. The highest BCUT2D eigenvalue weighted by Crippen LogP contribution is 2.65. The smallest absolute Gasteiger partial charge is 0.160 e. The van der Waals surface area contributed by atoms with Gasteiger partial charge in [-0.2, -0.15) is 0 Å². The molecular formula is C49H30N2. The van der Waals surface area contributed by atoms with Crippen molar-refractivity contribution in [3.63, 3.8) is 0 Å². The maximum absolute atomic E-state index is 5.26. The lowest BCUT2D eigenvalue weighted by Gasteiger charge is -2.32. The summed E-state index contributed by atoms with van der Waals surface area (Å²) in [4.78, 5) is 10.5. The molecule has 0 saturated carbocycles. The normalized spacial score (nSPS) is 15.1. The molecule has 2 aliphatic carbocycles. The van der Waals surface area contributed by atoms with Crippen molar-refractivity contribution in [2.24, 2.45) is 0 Å². The Labute approximate surface area is 296 Å². The van der Waals surface area contributed by atoms with Crippen LogP contribution in [0.3, 0.4) is 0 Å². The second-order valence-corrected chi connectivity index (χ2v) is 13.6. The lowest BCUT2D eigenvalue weighted by molar-refractivity contribution is 0.802. The molecule has 1 spiro atoms. The highest BCUT2D eigenvalue weighted by atomic mass is 14.9. The zero-order chi connectivity index (χ0) is 33.5. The molecule has 1 atom stereocenters. The minimum Gasteiger partial charge on any atom is -0.228 e. The van der Waals surface area contributed by atoms with Gasteiger partial charge in [-0.15, -0.1) is 0 Å². The summed E-state index contributed by atoms with van der Waals surface area (Å²) in [6, 6.07) is 65.9. The molecule has 0 saturated heterocycles. The van der Waals surface area contributed by atoms with Crippen molar-refractivity contribution < 1.29 is 0 Å². The molecule has 1 heterocycles. The molecule has 1 aromatic heterocycles. The van der Waals surface area contributed by atoms with Crippen LogP contribution in [0.5, 0.6) is 0 Å². The first kappa shape index (κ1) is 28.2. The number of aromatic nitrogens is 2. The SMILES string of the molecule is c1ccc(-c2cc(-c3ccccc3)nc(-c3ccc4c(c3)C3(c5ccccc5-4)c4ccccc4-c4c3c3ccccc3c3ccccc43)n2)cc1. The lowest BCUT2D eigenvalue weighted by atomic mass is 9.69. The van der Waals surface area contributed by atoms with Crippen LogP contribution in [0.15, 0.2) is 182 Å². The molecule has 51 heavy (non-hydrogen) atoms. The third-order valence-corrected chi connectivity index (χ3v) is 11.1. The second kappa shape index (κ2) is 10.7. The molecule has 236 valence electrons. The lowest BCUT2D eigenvalue weighted by Crippen LogP contribution is -2.26. The largest absolute Gasteiger partial charge is 0.228 e. The number of fused-ring (bicyclic) bond motifs is 15. The molecular weight excluding hydrogens is 617 g/mol. The van der Waals surface area contributed by atoms with Crippen LogP contribution >= 0.6 is 0 Å². The van der Waals surface area contributed by atoms with Gasteiger partial charge < -0.3 is 0 Å². The average Bonchev–Trinajstić information content (AvgIpc) is 3.69. The molecule has 9 aromatic rings. The van der Waals surface area contributed by atoms with Crippen LogP contribution in [0.25, 0.3) is 77.7 Å². The zero-order valence-electron chi connectivity index (χ0n) is 27.7. The van der Waals surface area contributed by atoms with E-state index in [-0.39, 0.29) is 0 Å². The first-order valence-corrected chi connectivity index (χ1v) is 17.6. The van der Waals surface area contributed by atoms with Crippen LogP contribution in [0, 0.1) is 0 Å². The minimum absolute atomic E-state index is 0.517. The molecule has 1 unspecified atom stereocenters. The Morgan fingerprint density at radius 2 is 0.824 bits per heavy atom. The van der Waals surface area contributed by atoms with Gasteiger partial charge in [-0.25, -0.2) is 9.97 Å². The van der Waals surface area contributed by atoms with E-state index < -0.39 is 5.41 Å². The average molecular weight is 647 g/mol. The minimum atomic E-state index is -0.517. The van der Waals surface area contributed by atoms with E-state index in [0.29, 0.717) is 0 Å². The summed E-state index contributed by atoms with van der Waals surface area (Å²) in [7, 11) is 0. The summed E-state index contributed by atoms with van der Waals surface area (Å²) in [6.45, 7) is 0. The maximum Gasteiger partial charge on any atom is 0.160 e. The van der Waals surface area contributed by atoms with Gasteiger partial charge in [0.05, 0.1) is 16.8 Å². The highest BCUT2D eigenvalue weighted by Gasteiger charge is 2.53. The predicted molar refractivity (Wildman–Crippen MR) is 210 cm³/mol. The molecule has 8 aromatic carbocycles. The predicted octanol–water partition coefficient (Wildman–Crippen LogP) is 12.1. The number of hydrogen-bond acceptors (Lipinski definition) is 2. The van der Waals surface area contributed by atoms with Gasteiger partial charge in [0.25, 0.3) is 0 Å². The van der Waals surface area contributed by atoms with Crippen LogP contribution in [-0.2, 0) is 5.41 Å². The molecule has 0 radical (unpaired) electrons. The van der Waals surface area contributed by atoms with Crippen LogP contribution in [-0.4, -0.2) is 9.97 Å². The van der Waals surface area contributed by atoms with E-state index in [0.717, 1.165) is 33.9 Å². The van der Waals surface area contributed by atoms with Gasteiger partial charge in [0, 0.05) is 16.7 Å². The highest BCUT2D eigenvalue weighted by molar-refractivity contribution is 6.19. The molecule has 0 fully saturated rings. The Hall–Kier alpha value is -6.64. The molecule has 2 aliphatic rings. The van der Waals surface area contributed by atoms with Crippen molar-refractivity contribution in [2.75, 3.05) is 0 Å². The molecule has 0 amide bonds. The van der Waals surface area contributed by atoms with Gasteiger partial charge in [-0.05, 0) is 78.2 Å². The summed E-state index contributed by atoms with van der Waals surface area (Å²) < 4.78 is 0. The van der Waals surface area contributed by atoms with E-state index in [4.69, 9.17) is 9.97 Å². The summed E-state index contributed by atoms with van der Waals surface area (Å²) in [5.74, 6) is 0.721. The first-order chi connectivity index (χ1) is 25.3. The van der Waals surface area contributed by atoms with Gasteiger partial charge in [-0.3, -0.25) is 0 Å². The van der Waals surface area contributed by atoms with E-state index >= 15 is 0 Å². The van der Waals surface area contributed by atoms with Crippen molar-refractivity contribution in [1.29, 1.82) is 0 Å². The molecule has 2 nitrogen and oxygen atoms in total. The molecule has 11 rings (SSSR count). The molecule has 0 bridgehead atoms. The first-order valence-electron chi connectivity index (χ1n) is 17.6. The van der Waals surface area contributed by atoms with Gasteiger partial charge in [-0.1, -0.05) is 170 Å². The van der Waals surface area contributed by atoms with Crippen molar-refractivity contribution in [3.8, 4) is 56.2 Å². The van der Waals surface area contributed by atoms with Crippen LogP contribution in [0.2, 0.25) is 0 Å². The summed E-state index contributed by atoms with van der Waals surface area (Å²) in [5.41, 5.74) is 14.9. The molecule has 2 heteroatoms. The van der Waals surface area contributed by atoms with Gasteiger partial charge in [0.2, 0.25) is 0 Å². The fourth-order valence-electron chi connectivity index (χ4n) is 9.04. The van der Waals surface area contributed by atoms with Gasteiger partial charge in [0.1, 0.15) is 0 Å². The fourth-order valence-corrected chi connectivity index (χ4v) is 9.04. The third-order valence-electron chi connectivity index (χ3n) is 11.1. The van der Waals surface area contributed by atoms with E-state index in [1.54, 1.807) is 0 Å². The Morgan fingerprint density at radius 1 is 0.333 bits per heavy atom. The summed E-state index contributed by atoms with van der Waals surface area (Å²) in [6.07, 6.45) is 0. The Bertz CT molecular complexity index is 2800. The van der Waals surface area contributed by atoms with E-state index in [2.05, 4.69) is 170 Å². The number of rotatable bonds is 3. The standard InChI is InChI=1S/C49H30N2/c1-3-15-31(16-4-1)44-30-45(32-17-5-2-6-18-32)51-48(50-44)33-27-28-37-36-21-11-13-25-41(36)49(43(37)29-33)42-26-14-12-24-40(42)46-38-22-9-7-19-34(38)35-20-8-10-23-39(35)47(46)49/h1-30H. The van der Waals surface area contributed by atoms with Gasteiger partial charge in [0.15, 0.2) is 5.82 Å². The summed E-state index contributed by atoms with van der Waals surface area (Å²) in [5, 5.41) is 5.17. The van der Waals surface area contributed by atoms with Crippen molar-refractivity contribution in [2.45, 2.75) is 5.41 Å². The van der Waals surface area contributed by atoms with Crippen LogP contribution in [0.1, 0.15) is 22.3 Å². The quantitative estimate of drug-likeness (QED) is 0.179. The summed E-state index contributed by atoms with van der Waals surface area (Å²) >= 11 is 0. The van der Waals surface area contributed by atoms with Gasteiger partial charge >= 0.3 is 0 Å². The van der Waals surface area contributed by atoms with E-state index in [1.165, 1.54) is 66.1 Å².